The molecule has 0 bridgehead atoms. The van der Waals surface area contributed by atoms with Gasteiger partial charge in [0.1, 0.15) is 0 Å². The standard InChI is InChI=1S/C16H22O/c1-2-7-15-10-6-11-16(17-15)13-12-14-8-4-3-5-9-14/h2-5,7-9,15-16H,6,10-13H2,1H3/b7-2+/t15-,16-/m1/s1. The van der Waals surface area contributed by atoms with E-state index in [4.69, 9.17) is 4.74 Å². The molecule has 0 amide bonds. The first-order valence-corrected chi connectivity index (χ1v) is 6.70. The first kappa shape index (κ1) is 12.4. The van der Waals surface area contributed by atoms with E-state index in [9.17, 15) is 0 Å². The number of ether oxygens (including phenoxy) is 1. The van der Waals surface area contributed by atoms with Gasteiger partial charge in [-0.25, -0.2) is 0 Å². The summed E-state index contributed by atoms with van der Waals surface area (Å²) in [6.07, 6.45) is 11.1. The minimum absolute atomic E-state index is 0.356. The van der Waals surface area contributed by atoms with Crippen LogP contribution in [0.15, 0.2) is 42.5 Å². The predicted octanol–water partition coefficient (Wildman–Crippen LogP) is 4.13. The Kier molecular flexibility index (Phi) is 4.81. The van der Waals surface area contributed by atoms with Gasteiger partial charge in [0, 0.05) is 0 Å². The summed E-state index contributed by atoms with van der Waals surface area (Å²) < 4.78 is 6.06. The number of rotatable bonds is 4. The van der Waals surface area contributed by atoms with Gasteiger partial charge in [-0.05, 0) is 44.6 Å². The molecule has 0 aromatic heterocycles. The second kappa shape index (κ2) is 6.61. The van der Waals surface area contributed by atoms with Gasteiger partial charge in [0.25, 0.3) is 0 Å². The van der Waals surface area contributed by atoms with Crippen molar-refractivity contribution in [2.24, 2.45) is 0 Å². The van der Waals surface area contributed by atoms with Gasteiger partial charge in [-0.2, -0.15) is 0 Å². The van der Waals surface area contributed by atoms with Crippen molar-refractivity contribution in [2.45, 2.75) is 51.2 Å². The SMILES string of the molecule is C/C=C/[C@@H]1CCC[C@H](CCc2ccccc2)O1. The van der Waals surface area contributed by atoms with E-state index < -0.39 is 0 Å². The lowest BCUT2D eigenvalue weighted by Crippen LogP contribution is -2.26. The van der Waals surface area contributed by atoms with Crippen molar-refractivity contribution in [3.63, 3.8) is 0 Å². The number of hydrogen-bond acceptors (Lipinski definition) is 1. The van der Waals surface area contributed by atoms with Gasteiger partial charge in [0.15, 0.2) is 0 Å². The minimum atomic E-state index is 0.356. The van der Waals surface area contributed by atoms with Crippen molar-refractivity contribution in [1.82, 2.24) is 0 Å². The van der Waals surface area contributed by atoms with Gasteiger partial charge in [0.2, 0.25) is 0 Å². The minimum Gasteiger partial charge on any atom is -0.371 e. The van der Waals surface area contributed by atoms with Crippen LogP contribution in [0.1, 0.15) is 38.2 Å². The van der Waals surface area contributed by atoms with Crippen LogP contribution < -0.4 is 0 Å². The maximum Gasteiger partial charge on any atom is 0.0759 e. The first-order chi connectivity index (χ1) is 8.38. The van der Waals surface area contributed by atoms with E-state index >= 15 is 0 Å². The number of allylic oxidation sites excluding steroid dienone is 1. The maximum atomic E-state index is 6.06. The largest absolute Gasteiger partial charge is 0.371 e. The quantitative estimate of drug-likeness (QED) is 0.707. The normalized spacial score (nSPS) is 25.2. The van der Waals surface area contributed by atoms with Gasteiger partial charge in [-0.3, -0.25) is 0 Å². The molecule has 1 aliphatic heterocycles. The monoisotopic (exact) mass is 230 g/mol. The van der Waals surface area contributed by atoms with Crippen LogP contribution in [0.5, 0.6) is 0 Å². The van der Waals surface area contributed by atoms with Crippen molar-refractivity contribution < 1.29 is 4.74 Å². The molecule has 92 valence electrons. The van der Waals surface area contributed by atoms with E-state index in [-0.39, 0.29) is 0 Å². The highest BCUT2D eigenvalue weighted by Crippen LogP contribution is 2.23. The molecule has 2 rings (SSSR count). The third-order valence-corrected chi connectivity index (χ3v) is 3.39. The van der Waals surface area contributed by atoms with Crippen molar-refractivity contribution >= 4 is 0 Å². The zero-order chi connectivity index (χ0) is 11.9. The van der Waals surface area contributed by atoms with Crippen LogP contribution in [-0.4, -0.2) is 12.2 Å². The summed E-state index contributed by atoms with van der Waals surface area (Å²) in [6.45, 7) is 2.07. The molecular weight excluding hydrogens is 208 g/mol. The number of aryl methyl sites for hydroxylation is 1. The Morgan fingerprint density at radius 2 is 2.06 bits per heavy atom. The summed E-state index contributed by atoms with van der Waals surface area (Å²) in [6, 6.07) is 10.7. The molecule has 1 saturated heterocycles. The lowest BCUT2D eigenvalue weighted by atomic mass is 9.98. The zero-order valence-electron chi connectivity index (χ0n) is 10.6. The third kappa shape index (κ3) is 4.01. The summed E-state index contributed by atoms with van der Waals surface area (Å²) in [5.41, 5.74) is 1.42. The Balaban J connectivity index is 1.79. The molecule has 1 nitrogen and oxygen atoms in total. The molecule has 1 aliphatic rings. The molecule has 1 heterocycles. The molecule has 0 radical (unpaired) electrons. The predicted molar refractivity (Wildman–Crippen MR) is 72.1 cm³/mol. The Morgan fingerprint density at radius 3 is 2.82 bits per heavy atom. The number of hydrogen-bond donors (Lipinski definition) is 0. The van der Waals surface area contributed by atoms with Crippen LogP contribution in [0.3, 0.4) is 0 Å². The lowest BCUT2D eigenvalue weighted by Gasteiger charge is -2.28. The average Bonchev–Trinajstić information content (AvgIpc) is 2.39. The molecular formula is C16H22O. The Morgan fingerprint density at radius 1 is 1.24 bits per heavy atom. The molecule has 0 spiro atoms. The van der Waals surface area contributed by atoms with Gasteiger partial charge >= 0.3 is 0 Å². The summed E-state index contributed by atoms with van der Waals surface area (Å²) in [7, 11) is 0. The summed E-state index contributed by atoms with van der Waals surface area (Å²) >= 11 is 0. The van der Waals surface area contributed by atoms with Crippen LogP contribution in [0.25, 0.3) is 0 Å². The topological polar surface area (TPSA) is 9.23 Å². The molecule has 1 aromatic rings. The van der Waals surface area contributed by atoms with E-state index in [2.05, 4.69) is 49.4 Å². The number of benzene rings is 1. The van der Waals surface area contributed by atoms with Crippen molar-refractivity contribution in [2.75, 3.05) is 0 Å². The second-order valence-electron chi connectivity index (χ2n) is 4.78. The van der Waals surface area contributed by atoms with E-state index in [1.165, 1.54) is 24.8 Å². The van der Waals surface area contributed by atoms with Crippen molar-refractivity contribution in [1.29, 1.82) is 0 Å². The molecule has 17 heavy (non-hydrogen) atoms. The Labute approximate surface area is 104 Å². The fourth-order valence-corrected chi connectivity index (χ4v) is 2.47. The molecule has 0 saturated carbocycles. The third-order valence-electron chi connectivity index (χ3n) is 3.39. The van der Waals surface area contributed by atoms with Crippen LogP contribution in [0.2, 0.25) is 0 Å². The highest BCUT2D eigenvalue weighted by molar-refractivity contribution is 5.14. The fraction of sp³-hybridized carbons (Fsp3) is 0.500. The molecule has 0 aliphatic carbocycles. The van der Waals surface area contributed by atoms with Gasteiger partial charge in [0.05, 0.1) is 12.2 Å². The maximum absolute atomic E-state index is 6.06. The zero-order valence-corrected chi connectivity index (χ0v) is 10.6. The average molecular weight is 230 g/mol. The van der Waals surface area contributed by atoms with E-state index in [1.807, 2.05) is 0 Å². The summed E-state index contributed by atoms with van der Waals surface area (Å²) in [5.74, 6) is 0. The van der Waals surface area contributed by atoms with E-state index in [1.54, 1.807) is 0 Å². The molecule has 2 atom stereocenters. The molecule has 1 aromatic carbocycles. The van der Waals surface area contributed by atoms with Gasteiger partial charge in [-0.1, -0.05) is 42.5 Å². The highest BCUT2D eigenvalue weighted by Gasteiger charge is 2.19. The smallest absolute Gasteiger partial charge is 0.0759 e. The Bertz CT molecular complexity index is 342. The first-order valence-electron chi connectivity index (χ1n) is 6.70. The van der Waals surface area contributed by atoms with Crippen molar-refractivity contribution in [3.8, 4) is 0 Å². The highest BCUT2D eigenvalue weighted by atomic mass is 16.5. The second-order valence-corrected chi connectivity index (χ2v) is 4.78. The fourth-order valence-electron chi connectivity index (χ4n) is 2.47. The van der Waals surface area contributed by atoms with E-state index in [0.29, 0.717) is 12.2 Å². The van der Waals surface area contributed by atoms with Gasteiger partial charge in [-0.15, -0.1) is 0 Å². The lowest BCUT2D eigenvalue weighted by molar-refractivity contribution is -0.0286. The van der Waals surface area contributed by atoms with Crippen LogP contribution in [0, 0.1) is 0 Å². The van der Waals surface area contributed by atoms with E-state index in [0.717, 1.165) is 12.8 Å². The summed E-state index contributed by atoms with van der Waals surface area (Å²) in [5, 5.41) is 0. The van der Waals surface area contributed by atoms with Crippen molar-refractivity contribution in [3.05, 3.63) is 48.0 Å². The molecule has 0 unspecified atom stereocenters. The van der Waals surface area contributed by atoms with Crippen LogP contribution >= 0.6 is 0 Å². The Hall–Kier alpha value is -1.08. The van der Waals surface area contributed by atoms with Crippen LogP contribution in [0.4, 0.5) is 0 Å². The van der Waals surface area contributed by atoms with Gasteiger partial charge < -0.3 is 4.74 Å². The summed E-state index contributed by atoms with van der Waals surface area (Å²) in [4.78, 5) is 0. The molecule has 1 heteroatoms. The molecule has 0 N–H and O–H groups in total. The molecule has 1 fully saturated rings. The van der Waals surface area contributed by atoms with Crippen LogP contribution in [-0.2, 0) is 11.2 Å².